The molecule has 0 bridgehead atoms. The number of amides is 10. The van der Waals surface area contributed by atoms with Crippen molar-refractivity contribution >= 4 is 77.7 Å². The second kappa shape index (κ2) is 34.6. The van der Waals surface area contributed by atoms with Crippen LogP contribution in [-0.4, -0.2) is 169 Å². The average molecular weight is 1190 g/mol. The largest absolute Gasteiger partial charge is 0.481 e. The van der Waals surface area contributed by atoms with Gasteiger partial charge in [0.2, 0.25) is 59.1 Å². The van der Waals surface area contributed by atoms with Crippen molar-refractivity contribution < 1.29 is 63.0 Å². The van der Waals surface area contributed by atoms with Crippen LogP contribution < -0.4 is 54.0 Å². The van der Waals surface area contributed by atoms with Gasteiger partial charge in [0.25, 0.3) is 0 Å². The highest BCUT2D eigenvalue weighted by Crippen LogP contribution is 2.21. The van der Waals surface area contributed by atoms with E-state index in [0.717, 1.165) is 5.56 Å². The molecular formula is C57H83N13O13S. The Balaban J connectivity index is 1.54. The van der Waals surface area contributed by atoms with E-state index in [4.69, 9.17) is 11.5 Å². The Kier molecular flexibility index (Phi) is 28.3. The number of benzene rings is 2. The van der Waals surface area contributed by atoms with Crippen LogP contribution in [0.5, 0.6) is 0 Å². The lowest BCUT2D eigenvalue weighted by Gasteiger charge is -2.31. The van der Waals surface area contributed by atoms with E-state index < -0.39 is 138 Å². The number of aliphatic carboxylic acids is 1. The van der Waals surface area contributed by atoms with E-state index >= 15 is 0 Å². The molecule has 4 rings (SSSR count). The highest BCUT2D eigenvalue weighted by Gasteiger charge is 2.41. The second-order valence-electron chi connectivity index (χ2n) is 21.4. The molecule has 1 aliphatic rings. The van der Waals surface area contributed by atoms with Crippen LogP contribution in [0, 0.1) is 11.8 Å². The maximum absolute atomic E-state index is 14.8. The molecule has 3 aromatic rings. The van der Waals surface area contributed by atoms with Crippen molar-refractivity contribution in [1.29, 1.82) is 0 Å². The van der Waals surface area contributed by atoms with Crippen LogP contribution in [0.15, 0.2) is 73.2 Å². The van der Waals surface area contributed by atoms with Gasteiger partial charge in [-0.3, -0.25) is 52.7 Å². The molecule has 11 atom stereocenters. The number of carbonyl (C=O) groups excluding carboxylic acids is 10. The minimum absolute atomic E-state index is 0.0331. The molecule has 84 heavy (non-hydrogen) atoms. The van der Waals surface area contributed by atoms with Gasteiger partial charge in [-0.1, -0.05) is 94.8 Å². The number of nitrogens with two attached hydrogens (primary N) is 2. The smallest absolute Gasteiger partial charge is 0.305 e. The van der Waals surface area contributed by atoms with Crippen molar-refractivity contribution in [3.8, 4) is 0 Å². The first-order valence-corrected chi connectivity index (χ1v) is 28.9. The summed E-state index contributed by atoms with van der Waals surface area (Å²) < 4.78 is 0. The summed E-state index contributed by atoms with van der Waals surface area (Å²) in [4.78, 5) is 158. The summed E-state index contributed by atoms with van der Waals surface area (Å²) in [6, 6.07) is 5.25. The van der Waals surface area contributed by atoms with Crippen molar-refractivity contribution in [2.24, 2.45) is 23.3 Å². The predicted molar refractivity (Wildman–Crippen MR) is 312 cm³/mol. The third-order valence-corrected chi connectivity index (χ3v) is 14.5. The maximum Gasteiger partial charge on any atom is 0.305 e. The van der Waals surface area contributed by atoms with Crippen LogP contribution in [-0.2, 0) is 72.0 Å². The van der Waals surface area contributed by atoms with Crippen molar-refractivity contribution in [3.05, 3.63) is 90.0 Å². The number of hydrogen-bond donors (Lipinski definition) is 14. The summed E-state index contributed by atoms with van der Waals surface area (Å²) in [5.41, 5.74) is 13.1. The summed E-state index contributed by atoms with van der Waals surface area (Å²) in [5, 5.41) is 41.1. The summed E-state index contributed by atoms with van der Waals surface area (Å²) in [5.74, 6) is -10.4. The maximum atomic E-state index is 14.8. The van der Waals surface area contributed by atoms with Crippen LogP contribution in [0.2, 0.25) is 0 Å². The van der Waals surface area contributed by atoms with Gasteiger partial charge >= 0.3 is 5.97 Å². The quantitative estimate of drug-likeness (QED) is 0.0243. The molecule has 1 fully saturated rings. The number of carboxylic acids is 1. The van der Waals surface area contributed by atoms with E-state index in [1.807, 2.05) is 0 Å². The van der Waals surface area contributed by atoms with Gasteiger partial charge in [-0.05, 0) is 68.5 Å². The van der Waals surface area contributed by atoms with Gasteiger partial charge in [0.1, 0.15) is 54.4 Å². The minimum atomic E-state index is -1.78. The molecule has 2 unspecified atom stereocenters. The molecule has 0 saturated carbocycles. The third kappa shape index (κ3) is 22.0. The van der Waals surface area contributed by atoms with Gasteiger partial charge in [0.05, 0.1) is 18.9 Å². The minimum Gasteiger partial charge on any atom is -0.481 e. The number of rotatable bonds is 35. The Morgan fingerprint density at radius 2 is 1.21 bits per heavy atom. The number of unbranched alkanes of at least 4 members (excludes halogenated alkanes) is 1. The zero-order valence-corrected chi connectivity index (χ0v) is 49.0. The number of carbonyl (C=O) groups is 11. The number of hydrogen-bond acceptors (Lipinski definition) is 15. The fourth-order valence-electron chi connectivity index (χ4n) is 9.37. The highest BCUT2D eigenvalue weighted by atomic mass is 32.1. The summed E-state index contributed by atoms with van der Waals surface area (Å²) in [6.07, 6.45) is 1.95. The Hall–Kier alpha value is -7.91. The van der Waals surface area contributed by atoms with Gasteiger partial charge in [-0.15, -0.1) is 0 Å². The first-order chi connectivity index (χ1) is 40.0. The Morgan fingerprint density at radius 3 is 1.76 bits per heavy atom. The van der Waals surface area contributed by atoms with E-state index in [1.54, 1.807) is 88.4 Å². The van der Waals surface area contributed by atoms with Gasteiger partial charge in [0, 0.05) is 49.9 Å². The number of aromatic amines is 1. The van der Waals surface area contributed by atoms with Gasteiger partial charge < -0.3 is 74.1 Å². The van der Waals surface area contributed by atoms with E-state index in [1.165, 1.54) is 24.3 Å². The first-order valence-electron chi connectivity index (χ1n) is 28.2. The number of thiol groups is 1. The molecule has 460 valence electrons. The van der Waals surface area contributed by atoms with E-state index in [0.29, 0.717) is 43.5 Å². The van der Waals surface area contributed by atoms with Gasteiger partial charge in [0.15, 0.2) is 0 Å². The van der Waals surface area contributed by atoms with Crippen LogP contribution >= 0.6 is 12.6 Å². The zero-order chi connectivity index (χ0) is 62.0. The molecule has 0 radical (unpaired) electrons. The highest BCUT2D eigenvalue weighted by molar-refractivity contribution is 7.80. The van der Waals surface area contributed by atoms with Crippen LogP contribution in [0.1, 0.15) is 103 Å². The molecule has 1 saturated heterocycles. The Morgan fingerprint density at radius 1 is 0.667 bits per heavy atom. The third-order valence-electron chi connectivity index (χ3n) is 14.2. The number of aliphatic hydroxyl groups is 1. The molecule has 2 aromatic carbocycles. The van der Waals surface area contributed by atoms with Gasteiger partial charge in [-0.25, -0.2) is 4.98 Å². The molecule has 2 heterocycles. The molecule has 10 amide bonds. The number of aliphatic hydroxyl groups excluding tert-OH is 1. The average Bonchev–Trinajstić information content (AvgIpc) is 4.38. The number of nitrogens with one attached hydrogen (secondary N) is 9. The lowest BCUT2D eigenvalue weighted by Crippen LogP contribution is -2.62. The monoisotopic (exact) mass is 1190 g/mol. The van der Waals surface area contributed by atoms with Crippen molar-refractivity contribution in [1.82, 2.24) is 57.4 Å². The lowest BCUT2D eigenvalue weighted by atomic mass is 9.97. The van der Waals surface area contributed by atoms with Crippen molar-refractivity contribution in [2.45, 2.75) is 166 Å². The molecular weight excluding hydrogens is 1110 g/mol. The normalized spacial score (nSPS) is 16.6. The number of primary amides is 1. The summed E-state index contributed by atoms with van der Waals surface area (Å²) in [7, 11) is 0. The van der Waals surface area contributed by atoms with Crippen LogP contribution in [0.25, 0.3) is 0 Å². The van der Waals surface area contributed by atoms with E-state index in [-0.39, 0.29) is 56.7 Å². The molecule has 1 aliphatic heterocycles. The number of aromatic nitrogens is 2. The predicted octanol–water partition coefficient (Wildman–Crippen LogP) is -1.20. The second-order valence-corrected chi connectivity index (χ2v) is 21.8. The number of likely N-dealkylation sites (tertiary alicyclic amines) is 1. The molecule has 15 N–H and O–H groups in total. The van der Waals surface area contributed by atoms with Crippen molar-refractivity contribution in [3.63, 3.8) is 0 Å². The molecule has 0 aliphatic carbocycles. The van der Waals surface area contributed by atoms with E-state index in [9.17, 15) is 63.0 Å². The summed E-state index contributed by atoms with van der Waals surface area (Å²) in [6.45, 7) is 8.56. The molecule has 26 nitrogen and oxygen atoms in total. The number of carboxylic acid groups (broad SMARTS) is 1. The fraction of sp³-hybridized carbons (Fsp3) is 0.544. The van der Waals surface area contributed by atoms with Crippen LogP contribution in [0.3, 0.4) is 0 Å². The number of nitrogens with zero attached hydrogens (tertiary/aromatic N) is 2. The number of H-pyrrole nitrogens is 1. The molecule has 0 spiro atoms. The topological polar surface area (TPSA) is 408 Å². The standard InChI is InChI=1S/C57H83N13O13S/c1-6-33(4)47(55(81)63-38(20-13-14-22-58)50(76)64-39(49(59)75)25-35-16-9-7-10-17-35)68-53(79)43(30-84)67-54(80)44-21-15-23-70(44)57(83)42(26-36-18-11-8-12-19-36)66-51(77)40(27-37-29-60-31-61-37)65-56(82)48(34(5)71)69-52(78)41(28-46(73)74)62-45(72)24-32(2)3/h7-12,16-19,29,31-34,38-44,47-48,71,84H,6,13-15,20-28,30,58H2,1-5H3,(H2,59,75)(H,60,61)(H,62,72)(H,63,81)(H,64,76)(H,65,82)(H,66,77)(H,67,80)(H,68,79)(H,69,78)(H,73,74)/t33-,34+,38?,39-,40-,41-,42-,43?,44-,47-,48-/m0/s1. The Labute approximate surface area is 494 Å². The van der Waals surface area contributed by atoms with Crippen LogP contribution in [0.4, 0.5) is 0 Å². The lowest BCUT2D eigenvalue weighted by molar-refractivity contribution is -0.142. The molecule has 27 heteroatoms. The SMILES string of the molecule is CC[C@H](C)[C@H](NC(=O)C(CS)NC(=O)[C@@H]1CCCN1C(=O)[C@H](Cc1ccccc1)NC(=O)[C@H](Cc1cnc[nH]1)NC(=O)[C@@H](NC(=O)[C@H](CC(=O)O)NC(=O)CC(C)C)[C@@H](C)O)C(=O)NC(CCCCN)C(=O)N[C@@H](Cc1ccccc1)C(N)=O. The van der Waals surface area contributed by atoms with Crippen molar-refractivity contribution in [2.75, 3.05) is 18.8 Å². The number of imidazole rings is 1. The first kappa shape index (κ1) is 68.6. The summed E-state index contributed by atoms with van der Waals surface area (Å²) >= 11 is 4.37. The van der Waals surface area contributed by atoms with Gasteiger partial charge in [-0.2, -0.15) is 12.6 Å². The molecule has 1 aromatic heterocycles. The van der Waals surface area contributed by atoms with E-state index in [2.05, 4.69) is 65.1 Å². The fourth-order valence-corrected chi connectivity index (χ4v) is 9.62. The zero-order valence-electron chi connectivity index (χ0n) is 48.1. The Bertz CT molecular complexity index is 2690.